The fourth-order valence-electron chi connectivity index (χ4n) is 1.40. The van der Waals surface area contributed by atoms with Crippen molar-refractivity contribution in [2.75, 3.05) is 5.75 Å². The number of benzene rings is 1. The van der Waals surface area contributed by atoms with Crippen molar-refractivity contribution in [1.82, 2.24) is 9.97 Å². The number of H-pyrrole nitrogens is 1. The molecule has 0 aliphatic carbocycles. The Hall–Kier alpha value is -1.04. The lowest BCUT2D eigenvalue weighted by Crippen LogP contribution is -2.07. The molecule has 6 heteroatoms. The highest BCUT2D eigenvalue weighted by Gasteiger charge is 2.03. The van der Waals surface area contributed by atoms with Crippen molar-refractivity contribution < 1.29 is 5.48 Å². The van der Waals surface area contributed by atoms with Crippen LogP contribution in [0.1, 0.15) is 13.3 Å². The van der Waals surface area contributed by atoms with Gasteiger partial charge in [-0.1, -0.05) is 6.92 Å². The third kappa shape index (κ3) is 3.21. The maximum atomic E-state index is 11.5. The van der Waals surface area contributed by atoms with Gasteiger partial charge in [0.15, 0.2) is 0 Å². The Morgan fingerprint density at radius 2 is 2.24 bits per heavy atom. The van der Waals surface area contributed by atoms with Gasteiger partial charge in [-0.15, -0.1) is 11.8 Å². The molecule has 3 N–H and O–H groups in total. The number of halogens is 1. The molecule has 0 radical (unpaired) electrons. The molecule has 0 aliphatic rings. The number of thioether (sulfide) groups is 1. The zero-order valence-corrected chi connectivity index (χ0v) is 10.9. The van der Waals surface area contributed by atoms with E-state index in [1.165, 1.54) is 0 Å². The molecule has 0 fully saturated rings. The van der Waals surface area contributed by atoms with Gasteiger partial charge in [-0.2, -0.15) is 0 Å². The first kappa shape index (κ1) is 14.0. The molecule has 2 aromatic rings. The molecule has 0 saturated carbocycles. The van der Waals surface area contributed by atoms with E-state index in [2.05, 4.69) is 16.9 Å². The Bertz CT molecular complexity index is 571. The van der Waals surface area contributed by atoms with Crippen molar-refractivity contribution in [2.45, 2.75) is 18.2 Å². The second-order valence-corrected chi connectivity index (χ2v) is 4.91. The van der Waals surface area contributed by atoms with Crippen molar-refractivity contribution >= 4 is 34.3 Å². The average Bonchev–Trinajstić information content (AvgIpc) is 2.25. The van der Waals surface area contributed by atoms with Crippen molar-refractivity contribution in [3.8, 4) is 0 Å². The second kappa shape index (κ2) is 6.05. The number of nitrogens with one attached hydrogen (secondary N) is 1. The number of aromatic amines is 1. The molecule has 1 aromatic heterocycles. The monoisotopic (exact) mass is 272 g/mol. The van der Waals surface area contributed by atoms with Gasteiger partial charge in [0.05, 0.1) is 10.9 Å². The molecule has 0 aliphatic heterocycles. The van der Waals surface area contributed by atoms with Gasteiger partial charge in [0.1, 0.15) is 0 Å². The molecule has 1 heterocycles. The largest absolute Gasteiger partial charge is 0.412 e. The van der Waals surface area contributed by atoms with E-state index in [0.29, 0.717) is 10.9 Å². The summed E-state index contributed by atoms with van der Waals surface area (Å²) < 4.78 is 0. The zero-order valence-electron chi connectivity index (χ0n) is 9.29. The molecule has 0 bridgehead atoms. The number of fused-ring (bicyclic) bond motifs is 1. The maximum Gasteiger partial charge on any atom is 0.259 e. The molecule has 1 aromatic carbocycles. The van der Waals surface area contributed by atoms with Gasteiger partial charge in [0.25, 0.3) is 5.56 Å². The Balaban J connectivity index is 0.00000144. The van der Waals surface area contributed by atoms with E-state index in [-0.39, 0.29) is 16.3 Å². The van der Waals surface area contributed by atoms with Crippen molar-refractivity contribution in [3.05, 3.63) is 33.8 Å². The van der Waals surface area contributed by atoms with Gasteiger partial charge in [0.2, 0.25) is 5.28 Å². The van der Waals surface area contributed by atoms with Crippen LogP contribution in [0.5, 0.6) is 0 Å². The highest BCUT2D eigenvalue weighted by Crippen LogP contribution is 2.22. The van der Waals surface area contributed by atoms with E-state index < -0.39 is 0 Å². The van der Waals surface area contributed by atoms with Crippen molar-refractivity contribution in [2.24, 2.45) is 0 Å². The number of nitrogens with zero attached hydrogens (tertiary/aromatic N) is 1. The van der Waals surface area contributed by atoms with Crippen LogP contribution in [0.2, 0.25) is 5.28 Å². The lowest BCUT2D eigenvalue weighted by Gasteiger charge is -2.01. The molecule has 0 atom stereocenters. The predicted octanol–water partition coefficient (Wildman–Crippen LogP) is 2.25. The third-order valence-corrected chi connectivity index (χ3v) is 3.50. The first-order valence-corrected chi connectivity index (χ1v) is 6.39. The molecule has 17 heavy (non-hydrogen) atoms. The predicted molar refractivity (Wildman–Crippen MR) is 72.0 cm³/mol. The van der Waals surface area contributed by atoms with E-state index in [0.717, 1.165) is 17.1 Å². The molecule has 4 nitrogen and oxygen atoms in total. The SMILES string of the molecule is CCCSc1ccc2c(=O)[nH]c(Cl)nc2c1.O. The molecule has 0 amide bonds. The molecule has 2 rings (SSSR count). The van der Waals surface area contributed by atoms with Gasteiger partial charge in [-0.05, 0) is 42.0 Å². The highest BCUT2D eigenvalue weighted by atomic mass is 35.5. The lowest BCUT2D eigenvalue weighted by atomic mass is 10.2. The van der Waals surface area contributed by atoms with Gasteiger partial charge in [0, 0.05) is 4.90 Å². The number of aromatic nitrogens is 2. The minimum absolute atomic E-state index is 0. The molecule has 0 saturated heterocycles. The summed E-state index contributed by atoms with van der Waals surface area (Å²) in [6, 6.07) is 5.62. The smallest absolute Gasteiger partial charge is 0.259 e. The highest BCUT2D eigenvalue weighted by molar-refractivity contribution is 7.99. The number of hydrogen-bond acceptors (Lipinski definition) is 3. The summed E-state index contributed by atoms with van der Waals surface area (Å²) in [6.07, 6.45) is 1.12. The second-order valence-electron chi connectivity index (χ2n) is 3.38. The summed E-state index contributed by atoms with van der Waals surface area (Å²) in [5.41, 5.74) is 0.455. The van der Waals surface area contributed by atoms with Crippen LogP contribution in [0, 0.1) is 0 Å². The molecule has 0 unspecified atom stereocenters. The van der Waals surface area contributed by atoms with Crippen LogP contribution in [0.25, 0.3) is 10.9 Å². The van der Waals surface area contributed by atoms with E-state index in [4.69, 9.17) is 11.6 Å². The Morgan fingerprint density at radius 1 is 1.47 bits per heavy atom. The first-order valence-electron chi connectivity index (χ1n) is 5.03. The van der Waals surface area contributed by atoms with Crippen molar-refractivity contribution in [3.63, 3.8) is 0 Å². The maximum absolute atomic E-state index is 11.5. The van der Waals surface area contributed by atoms with Gasteiger partial charge in [-0.25, -0.2) is 4.98 Å². The van der Waals surface area contributed by atoms with Crippen LogP contribution < -0.4 is 5.56 Å². The standard InChI is InChI=1S/C11H11ClN2OS.H2O/c1-2-5-16-7-3-4-8-9(6-7)13-11(12)14-10(8)15;/h3-4,6H,2,5H2,1H3,(H,13,14,15);1H2. The van der Waals surface area contributed by atoms with Crippen LogP contribution in [0.15, 0.2) is 27.9 Å². The summed E-state index contributed by atoms with van der Waals surface area (Å²) in [5.74, 6) is 1.06. The Kier molecular flexibility index (Phi) is 4.99. The topological polar surface area (TPSA) is 77.2 Å². The van der Waals surface area contributed by atoms with Crippen LogP contribution in [-0.2, 0) is 0 Å². The van der Waals surface area contributed by atoms with Gasteiger partial charge in [-0.3, -0.25) is 9.78 Å². The third-order valence-electron chi connectivity index (χ3n) is 2.12. The van der Waals surface area contributed by atoms with Gasteiger partial charge >= 0.3 is 0 Å². The van der Waals surface area contributed by atoms with Crippen LogP contribution in [0.4, 0.5) is 0 Å². The molecule has 0 spiro atoms. The van der Waals surface area contributed by atoms with E-state index in [1.54, 1.807) is 17.8 Å². The summed E-state index contributed by atoms with van der Waals surface area (Å²) in [6.45, 7) is 2.13. The van der Waals surface area contributed by atoms with Gasteiger partial charge < -0.3 is 5.48 Å². The van der Waals surface area contributed by atoms with Crippen molar-refractivity contribution in [1.29, 1.82) is 0 Å². The van der Waals surface area contributed by atoms with Crippen LogP contribution in [-0.4, -0.2) is 21.2 Å². The molecular formula is C11H13ClN2O2S. The van der Waals surface area contributed by atoms with E-state index >= 15 is 0 Å². The fourth-order valence-corrected chi connectivity index (χ4v) is 2.38. The average molecular weight is 273 g/mol. The summed E-state index contributed by atoms with van der Waals surface area (Å²) in [4.78, 5) is 19.2. The summed E-state index contributed by atoms with van der Waals surface area (Å²) in [7, 11) is 0. The first-order chi connectivity index (χ1) is 7.70. The number of rotatable bonds is 3. The normalized spacial score (nSPS) is 10.2. The molecular weight excluding hydrogens is 260 g/mol. The molecule has 92 valence electrons. The minimum atomic E-state index is -0.193. The minimum Gasteiger partial charge on any atom is -0.412 e. The fraction of sp³-hybridized carbons (Fsp3) is 0.273. The quantitative estimate of drug-likeness (QED) is 0.688. The van der Waals surface area contributed by atoms with Crippen LogP contribution in [0.3, 0.4) is 0 Å². The summed E-state index contributed by atoms with van der Waals surface area (Å²) >= 11 is 7.46. The van der Waals surface area contributed by atoms with E-state index in [9.17, 15) is 4.79 Å². The number of hydrogen-bond donors (Lipinski definition) is 1. The zero-order chi connectivity index (χ0) is 11.5. The van der Waals surface area contributed by atoms with Crippen LogP contribution >= 0.6 is 23.4 Å². The lowest BCUT2D eigenvalue weighted by molar-refractivity contribution is 0.824. The Labute approximate surface area is 108 Å². The summed E-state index contributed by atoms with van der Waals surface area (Å²) in [5, 5.41) is 0.709. The van der Waals surface area contributed by atoms with E-state index in [1.807, 2.05) is 12.1 Å². The Morgan fingerprint density at radius 3 is 2.94 bits per heavy atom.